The predicted molar refractivity (Wildman–Crippen MR) is 110 cm³/mol. The van der Waals surface area contributed by atoms with Crippen LogP contribution in [0.2, 0.25) is 0 Å². The van der Waals surface area contributed by atoms with Crippen molar-refractivity contribution in [1.82, 2.24) is 19.5 Å². The number of hydrogen-bond acceptors (Lipinski definition) is 5. The SMILES string of the molecule is CCc1cc2cnc(Nc3cc(C(F)F)ncn3)cc2n1-c1c(C)cc(C#N)cc1F. The van der Waals surface area contributed by atoms with Crippen molar-refractivity contribution in [1.29, 1.82) is 5.26 Å². The number of alkyl halides is 2. The number of halogens is 3. The monoisotopic (exact) mass is 422 g/mol. The molecule has 0 saturated carbocycles. The molecule has 0 unspecified atom stereocenters. The summed E-state index contributed by atoms with van der Waals surface area (Å²) in [5.74, 6) is 0.0271. The topological polar surface area (TPSA) is 79.4 Å². The molecule has 0 atom stereocenters. The molecule has 0 bridgehead atoms. The fourth-order valence-corrected chi connectivity index (χ4v) is 3.53. The van der Waals surface area contributed by atoms with E-state index in [0.29, 0.717) is 29.0 Å². The third-order valence-electron chi connectivity index (χ3n) is 4.90. The summed E-state index contributed by atoms with van der Waals surface area (Å²) in [5, 5.41) is 12.8. The van der Waals surface area contributed by atoms with Crippen molar-refractivity contribution in [2.45, 2.75) is 26.7 Å². The molecule has 0 aliphatic rings. The lowest BCUT2D eigenvalue weighted by molar-refractivity contribution is 0.146. The molecule has 156 valence electrons. The fraction of sp³-hybridized carbons (Fsp3) is 0.182. The Bertz CT molecular complexity index is 1300. The number of hydrogen-bond donors (Lipinski definition) is 1. The third-order valence-corrected chi connectivity index (χ3v) is 4.90. The summed E-state index contributed by atoms with van der Waals surface area (Å²) in [6.07, 6.45) is 0.598. The highest BCUT2D eigenvalue weighted by atomic mass is 19.3. The largest absolute Gasteiger partial charge is 0.325 e. The first kappa shape index (κ1) is 20.3. The van der Waals surface area contributed by atoms with Crippen LogP contribution in [0.15, 0.2) is 42.9 Å². The Morgan fingerprint density at radius 1 is 1.10 bits per heavy atom. The second kappa shape index (κ2) is 8.07. The van der Waals surface area contributed by atoms with Crippen molar-refractivity contribution in [2.75, 3.05) is 5.32 Å². The van der Waals surface area contributed by atoms with Crippen LogP contribution >= 0.6 is 0 Å². The maximum Gasteiger partial charge on any atom is 0.280 e. The Balaban J connectivity index is 1.84. The molecule has 3 heterocycles. The molecule has 0 fully saturated rings. The van der Waals surface area contributed by atoms with E-state index in [2.05, 4.69) is 20.3 Å². The molecule has 6 nitrogen and oxygen atoms in total. The Morgan fingerprint density at radius 2 is 1.87 bits per heavy atom. The molecule has 0 amide bonds. The van der Waals surface area contributed by atoms with Crippen LogP contribution in [-0.2, 0) is 6.42 Å². The second-order valence-corrected chi connectivity index (χ2v) is 6.94. The van der Waals surface area contributed by atoms with Crippen LogP contribution in [0.4, 0.5) is 24.8 Å². The molecule has 0 saturated heterocycles. The van der Waals surface area contributed by atoms with Gasteiger partial charge in [0.25, 0.3) is 6.43 Å². The lowest BCUT2D eigenvalue weighted by Crippen LogP contribution is -2.05. The first-order valence-electron chi connectivity index (χ1n) is 9.49. The zero-order chi connectivity index (χ0) is 22.1. The molecule has 4 aromatic rings. The summed E-state index contributed by atoms with van der Waals surface area (Å²) in [4.78, 5) is 11.8. The summed E-state index contributed by atoms with van der Waals surface area (Å²) >= 11 is 0. The van der Waals surface area contributed by atoms with Crippen LogP contribution in [0.1, 0.15) is 35.9 Å². The molecule has 4 rings (SSSR count). The standard InChI is InChI=1S/C22H17F3N6/c1-3-15-6-14-10-27-20(30-19-7-17(22(24)25)28-11-29-19)8-18(14)31(15)21-12(2)4-13(9-26)5-16(21)23/h4-8,10-11,22H,3H2,1-2H3,(H,27,28,29,30). The number of aromatic nitrogens is 4. The Morgan fingerprint density at radius 3 is 2.55 bits per heavy atom. The van der Waals surface area contributed by atoms with E-state index < -0.39 is 17.9 Å². The molecule has 1 aromatic carbocycles. The molecular weight excluding hydrogens is 405 g/mol. The smallest absolute Gasteiger partial charge is 0.280 e. The average Bonchev–Trinajstić information content (AvgIpc) is 3.11. The number of nitrogens with one attached hydrogen (secondary N) is 1. The molecule has 0 aliphatic carbocycles. The van der Waals surface area contributed by atoms with Crippen LogP contribution in [0.3, 0.4) is 0 Å². The summed E-state index contributed by atoms with van der Waals surface area (Å²) < 4.78 is 42.6. The van der Waals surface area contributed by atoms with E-state index >= 15 is 0 Å². The van der Waals surface area contributed by atoms with Crippen molar-refractivity contribution in [3.8, 4) is 11.8 Å². The van der Waals surface area contributed by atoms with E-state index in [9.17, 15) is 13.2 Å². The molecule has 3 aromatic heterocycles. The maximum atomic E-state index is 15.0. The van der Waals surface area contributed by atoms with Gasteiger partial charge in [-0.3, -0.25) is 0 Å². The van der Waals surface area contributed by atoms with Crippen molar-refractivity contribution >= 4 is 22.5 Å². The van der Waals surface area contributed by atoms with Crippen LogP contribution in [0, 0.1) is 24.1 Å². The lowest BCUT2D eigenvalue weighted by Gasteiger charge is -2.15. The van der Waals surface area contributed by atoms with Gasteiger partial charge in [-0.05, 0) is 37.1 Å². The number of nitriles is 1. The molecular formula is C22H17F3N6. The first-order chi connectivity index (χ1) is 14.9. The number of benzene rings is 1. The van der Waals surface area contributed by atoms with Crippen molar-refractivity contribution in [3.05, 3.63) is 71.2 Å². The molecule has 1 N–H and O–H groups in total. The van der Waals surface area contributed by atoms with E-state index in [0.717, 1.165) is 23.5 Å². The Labute approximate surface area is 176 Å². The normalized spacial score (nSPS) is 11.1. The average molecular weight is 422 g/mol. The number of pyridine rings is 1. The summed E-state index contributed by atoms with van der Waals surface area (Å²) in [6, 6.07) is 9.58. The van der Waals surface area contributed by atoms with Gasteiger partial charge in [0, 0.05) is 29.4 Å². The molecule has 31 heavy (non-hydrogen) atoms. The van der Waals surface area contributed by atoms with Crippen LogP contribution in [-0.4, -0.2) is 19.5 Å². The summed E-state index contributed by atoms with van der Waals surface area (Å²) in [7, 11) is 0. The van der Waals surface area contributed by atoms with E-state index in [-0.39, 0.29) is 11.4 Å². The highest BCUT2D eigenvalue weighted by molar-refractivity contribution is 5.85. The van der Waals surface area contributed by atoms with Gasteiger partial charge in [0.15, 0.2) is 0 Å². The van der Waals surface area contributed by atoms with Gasteiger partial charge in [-0.1, -0.05) is 6.92 Å². The molecule has 0 radical (unpaired) electrons. The number of anilines is 2. The Hall–Kier alpha value is -3.93. The summed E-state index contributed by atoms with van der Waals surface area (Å²) in [5.41, 5.74) is 2.37. The highest BCUT2D eigenvalue weighted by Crippen LogP contribution is 2.31. The van der Waals surface area contributed by atoms with Gasteiger partial charge in [0.05, 0.1) is 22.8 Å². The lowest BCUT2D eigenvalue weighted by atomic mass is 10.1. The molecule has 0 aliphatic heterocycles. The zero-order valence-corrected chi connectivity index (χ0v) is 16.7. The number of fused-ring (bicyclic) bond motifs is 1. The van der Waals surface area contributed by atoms with E-state index in [1.807, 2.05) is 19.1 Å². The first-order valence-corrected chi connectivity index (χ1v) is 9.49. The quantitative estimate of drug-likeness (QED) is 0.467. The number of nitrogens with zero attached hydrogens (tertiary/aromatic N) is 5. The van der Waals surface area contributed by atoms with Crippen molar-refractivity contribution < 1.29 is 13.2 Å². The van der Waals surface area contributed by atoms with Gasteiger partial charge in [-0.25, -0.2) is 28.1 Å². The minimum absolute atomic E-state index is 0.173. The molecule has 0 spiro atoms. The highest BCUT2D eigenvalue weighted by Gasteiger charge is 2.17. The van der Waals surface area contributed by atoms with E-state index in [4.69, 9.17) is 5.26 Å². The van der Waals surface area contributed by atoms with E-state index in [1.54, 1.807) is 29.8 Å². The van der Waals surface area contributed by atoms with Crippen LogP contribution in [0.5, 0.6) is 0 Å². The second-order valence-electron chi connectivity index (χ2n) is 6.94. The van der Waals surface area contributed by atoms with Gasteiger partial charge >= 0.3 is 0 Å². The van der Waals surface area contributed by atoms with Crippen molar-refractivity contribution in [2.24, 2.45) is 0 Å². The number of rotatable bonds is 5. The predicted octanol–water partition coefficient (Wildman–Crippen LogP) is 5.38. The van der Waals surface area contributed by atoms with Gasteiger partial charge in [0.1, 0.15) is 29.5 Å². The minimum Gasteiger partial charge on any atom is -0.325 e. The Kier molecular flexibility index (Phi) is 5.29. The van der Waals surface area contributed by atoms with Crippen LogP contribution in [0.25, 0.3) is 16.6 Å². The van der Waals surface area contributed by atoms with Gasteiger partial charge in [-0.2, -0.15) is 5.26 Å². The van der Waals surface area contributed by atoms with Gasteiger partial charge in [-0.15, -0.1) is 0 Å². The summed E-state index contributed by atoms with van der Waals surface area (Å²) in [6.45, 7) is 3.71. The fourth-order valence-electron chi connectivity index (χ4n) is 3.53. The maximum absolute atomic E-state index is 15.0. The minimum atomic E-state index is -2.72. The van der Waals surface area contributed by atoms with Crippen LogP contribution < -0.4 is 5.32 Å². The third kappa shape index (κ3) is 3.80. The van der Waals surface area contributed by atoms with E-state index in [1.165, 1.54) is 6.07 Å². The zero-order valence-electron chi connectivity index (χ0n) is 16.7. The number of aryl methyl sites for hydroxylation is 2. The van der Waals surface area contributed by atoms with Gasteiger partial charge in [0.2, 0.25) is 0 Å². The molecule has 9 heteroatoms. The van der Waals surface area contributed by atoms with Gasteiger partial charge < -0.3 is 9.88 Å². The van der Waals surface area contributed by atoms with Crippen molar-refractivity contribution in [3.63, 3.8) is 0 Å².